The average molecular weight is 274 g/mol. The van der Waals surface area contributed by atoms with Crippen molar-refractivity contribution in [1.29, 1.82) is 0 Å². The first-order valence-electron chi connectivity index (χ1n) is 5.52. The molecule has 0 bridgehead atoms. The van der Waals surface area contributed by atoms with Crippen molar-refractivity contribution in [3.63, 3.8) is 0 Å². The third-order valence-electron chi connectivity index (χ3n) is 2.50. The summed E-state index contributed by atoms with van der Waals surface area (Å²) in [6.07, 6.45) is 0. The van der Waals surface area contributed by atoms with Gasteiger partial charge >= 0.3 is 5.69 Å². The van der Waals surface area contributed by atoms with Crippen LogP contribution in [0, 0.1) is 10.1 Å². The molecule has 7 heteroatoms. The lowest BCUT2D eigenvalue weighted by Gasteiger charge is -2.07. The summed E-state index contributed by atoms with van der Waals surface area (Å²) >= 11 is 0. The molecule has 1 amide bonds. The van der Waals surface area contributed by atoms with Crippen molar-refractivity contribution in [3.8, 4) is 17.2 Å². The van der Waals surface area contributed by atoms with E-state index in [2.05, 4.69) is 0 Å². The number of benzene rings is 2. The number of aromatic hydroxyl groups is 1. The van der Waals surface area contributed by atoms with Gasteiger partial charge in [0.1, 0.15) is 11.5 Å². The standard InChI is InChI=1S/C13H10N2O5/c14-13(17)8-1-6-12(11(7-8)15(18)19)20-10-4-2-9(16)3-5-10/h1-7,16H,(H2,14,17). The number of carbonyl (C=O) groups is 1. The minimum Gasteiger partial charge on any atom is -0.508 e. The van der Waals surface area contributed by atoms with E-state index < -0.39 is 10.8 Å². The Bertz CT molecular complexity index is 667. The minimum absolute atomic E-state index is 0.0225. The third kappa shape index (κ3) is 2.83. The Morgan fingerprint density at radius 1 is 1.20 bits per heavy atom. The van der Waals surface area contributed by atoms with Gasteiger partial charge in [-0.25, -0.2) is 0 Å². The van der Waals surface area contributed by atoms with Crippen LogP contribution in [0.5, 0.6) is 17.2 Å². The number of nitro benzene ring substituents is 1. The van der Waals surface area contributed by atoms with Gasteiger partial charge in [0.15, 0.2) is 0 Å². The maximum Gasteiger partial charge on any atom is 0.312 e. The Labute approximate surface area is 113 Å². The van der Waals surface area contributed by atoms with E-state index in [0.717, 1.165) is 6.07 Å². The Kier molecular flexibility index (Phi) is 3.52. The Morgan fingerprint density at radius 2 is 1.85 bits per heavy atom. The van der Waals surface area contributed by atoms with Crippen LogP contribution in [0.4, 0.5) is 5.69 Å². The van der Waals surface area contributed by atoms with Crippen molar-refractivity contribution in [2.45, 2.75) is 0 Å². The summed E-state index contributed by atoms with van der Waals surface area (Å²) in [5.74, 6) is -0.413. The monoisotopic (exact) mass is 274 g/mol. The van der Waals surface area contributed by atoms with Crippen LogP contribution in [0.1, 0.15) is 10.4 Å². The van der Waals surface area contributed by atoms with Gasteiger partial charge in [-0.15, -0.1) is 0 Å². The lowest BCUT2D eigenvalue weighted by atomic mass is 10.2. The van der Waals surface area contributed by atoms with Crippen LogP contribution in [0.3, 0.4) is 0 Å². The van der Waals surface area contributed by atoms with Gasteiger partial charge in [-0.1, -0.05) is 0 Å². The molecule has 0 spiro atoms. The zero-order chi connectivity index (χ0) is 14.7. The summed E-state index contributed by atoms with van der Waals surface area (Å²) in [6, 6.07) is 9.38. The molecule has 2 aromatic rings. The number of primary amides is 1. The van der Waals surface area contributed by atoms with E-state index in [-0.39, 0.29) is 22.7 Å². The SMILES string of the molecule is NC(=O)c1ccc(Oc2ccc(O)cc2)c([N+](=O)[O-])c1. The molecule has 0 fully saturated rings. The lowest BCUT2D eigenvalue weighted by Crippen LogP contribution is -2.11. The number of phenols is 1. The van der Waals surface area contributed by atoms with Crippen molar-refractivity contribution in [2.75, 3.05) is 0 Å². The van der Waals surface area contributed by atoms with Crippen LogP contribution in [0.15, 0.2) is 42.5 Å². The Morgan fingerprint density at radius 3 is 2.40 bits per heavy atom. The number of amides is 1. The molecule has 0 aliphatic rings. The first-order valence-corrected chi connectivity index (χ1v) is 5.52. The topological polar surface area (TPSA) is 116 Å². The number of rotatable bonds is 4. The molecule has 0 aromatic heterocycles. The molecule has 0 radical (unpaired) electrons. The van der Waals surface area contributed by atoms with Gasteiger partial charge < -0.3 is 15.6 Å². The molecule has 3 N–H and O–H groups in total. The van der Waals surface area contributed by atoms with Crippen LogP contribution in [0.25, 0.3) is 0 Å². The van der Waals surface area contributed by atoms with E-state index in [1.807, 2.05) is 0 Å². The predicted molar refractivity (Wildman–Crippen MR) is 69.8 cm³/mol. The van der Waals surface area contributed by atoms with E-state index in [1.54, 1.807) is 0 Å². The molecule has 0 aliphatic heterocycles. The fraction of sp³-hybridized carbons (Fsp3) is 0. The highest BCUT2D eigenvalue weighted by Crippen LogP contribution is 2.32. The van der Waals surface area contributed by atoms with E-state index in [0.29, 0.717) is 5.75 Å². The molecular formula is C13H10N2O5. The van der Waals surface area contributed by atoms with E-state index in [4.69, 9.17) is 15.6 Å². The van der Waals surface area contributed by atoms with Gasteiger partial charge in [0.05, 0.1) is 4.92 Å². The Balaban J connectivity index is 2.38. The number of nitro groups is 1. The van der Waals surface area contributed by atoms with Crippen LogP contribution >= 0.6 is 0 Å². The van der Waals surface area contributed by atoms with Crippen molar-refractivity contribution in [1.82, 2.24) is 0 Å². The number of nitrogens with two attached hydrogens (primary N) is 1. The molecule has 0 saturated heterocycles. The number of ether oxygens (including phenoxy) is 1. The molecule has 0 atom stereocenters. The van der Waals surface area contributed by atoms with Gasteiger partial charge in [0.2, 0.25) is 11.7 Å². The zero-order valence-corrected chi connectivity index (χ0v) is 10.1. The quantitative estimate of drug-likeness (QED) is 0.654. The van der Waals surface area contributed by atoms with Gasteiger partial charge in [0, 0.05) is 11.6 Å². The Hall–Kier alpha value is -3.09. The molecular weight excluding hydrogens is 264 g/mol. The second-order valence-electron chi connectivity index (χ2n) is 3.90. The average Bonchev–Trinajstić information content (AvgIpc) is 2.41. The van der Waals surface area contributed by atoms with Gasteiger partial charge in [-0.2, -0.15) is 0 Å². The summed E-state index contributed by atoms with van der Waals surface area (Å²) in [7, 11) is 0. The second kappa shape index (κ2) is 5.27. The molecule has 0 heterocycles. The molecule has 7 nitrogen and oxygen atoms in total. The fourth-order valence-electron chi connectivity index (χ4n) is 1.54. The number of nitrogens with zero attached hydrogens (tertiary/aromatic N) is 1. The largest absolute Gasteiger partial charge is 0.508 e. The second-order valence-corrected chi connectivity index (χ2v) is 3.90. The number of hydrogen-bond donors (Lipinski definition) is 2. The molecule has 2 aromatic carbocycles. The summed E-state index contributed by atoms with van der Waals surface area (Å²) in [5.41, 5.74) is 4.73. The predicted octanol–water partition coefficient (Wildman–Crippen LogP) is 2.19. The van der Waals surface area contributed by atoms with Gasteiger partial charge in [-0.05, 0) is 36.4 Å². The third-order valence-corrected chi connectivity index (χ3v) is 2.50. The smallest absolute Gasteiger partial charge is 0.312 e. The molecule has 0 aliphatic carbocycles. The van der Waals surface area contributed by atoms with Crippen LogP contribution in [-0.4, -0.2) is 15.9 Å². The van der Waals surface area contributed by atoms with Crippen molar-refractivity contribution < 1.29 is 19.6 Å². The maximum atomic E-state index is 11.0. The normalized spacial score (nSPS) is 10.0. The minimum atomic E-state index is -0.760. The van der Waals surface area contributed by atoms with Crippen LogP contribution in [-0.2, 0) is 0 Å². The summed E-state index contributed by atoms with van der Waals surface area (Å²) < 4.78 is 5.36. The van der Waals surface area contributed by atoms with E-state index in [1.165, 1.54) is 36.4 Å². The van der Waals surface area contributed by atoms with Crippen molar-refractivity contribution in [3.05, 3.63) is 58.1 Å². The number of phenolic OH excluding ortho intramolecular Hbond substituents is 1. The highest BCUT2D eigenvalue weighted by atomic mass is 16.6. The first-order chi connectivity index (χ1) is 9.47. The van der Waals surface area contributed by atoms with Crippen molar-refractivity contribution in [2.24, 2.45) is 5.73 Å². The van der Waals surface area contributed by atoms with E-state index in [9.17, 15) is 14.9 Å². The van der Waals surface area contributed by atoms with E-state index >= 15 is 0 Å². The fourth-order valence-corrected chi connectivity index (χ4v) is 1.54. The highest BCUT2D eigenvalue weighted by molar-refractivity contribution is 5.93. The van der Waals surface area contributed by atoms with Crippen LogP contribution in [0.2, 0.25) is 0 Å². The maximum absolute atomic E-state index is 11.0. The first kappa shape index (κ1) is 13.3. The molecule has 0 saturated carbocycles. The summed E-state index contributed by atoms with van der Waals surface area (Å²) in [5, 5.41) is 20.1. The zero-order valence-electron chi connectivity index (χ0n) is 10.1. The van der Waals surface area contributed by atoms with Crippen LogP contribution < -0.4 is 10.5 Å². The summed E-state index contributed by atoms with van der Waals surface area (Å²) in [6.45, 7) is 0. The number of carbonyl (C=O) groups excluding carboxylic acids is 1. The van der Waals surface area contributed by atoms with Crippen molar-refractivity contribution >= 4 is 11.6 Å². The summed E-state index contributed by atoms with van der Waals surface area (Å²) in [4.78, 5) is 21.3. The number of hydrogen-bond acceptors (Lipinski definition) is 5. The molecule has 2 rings (SSSR count). The molecule has 0 unspecified atom stereocenters. The molecule has 20 heavy (non-hydrogen) atoms. The lowest BCUT2D eigenvalue weighted by molar-refractivity contribution is -0.385. The van der Waals surface area contributed by atoms with Gasteiger partial charge in [-0.3, -0.25) is 14.9 Å². The highest BCUT2D eigenvalue weighted by Gasteiger charge is 2.18. The van der Waals surface area contributed by atoms with Gasteiger partial charge in [0.25, 0.3) is 0 Å². The molecule has 102 valence electrons.